The molecule has 0 N–H and O–H groups in total. The van der Waals surface area contributed by atoms with Crippen molar-refractivity contribution in [3.05, 3.63) is 69.5 Å². The first-order valence-electron chi connectivity index (χ1n) is 9.04. The summed E-state index contributed by atoms with van der Waals surface area (Å²) in [6.45, 7) is 5.16. The Balaban J connectivity index is 1.73. The van der Waals surface area contributed by atoms with Gasteiger partial charge in [0.1, 0.15) is 17.6 Å². The fourth-order valence-corrected chi connectivity index (χ4v) is 3.47. The quantitative estimate of drug-likeness (QED) is 0.700. The summed E-state index contributed by atoms with van der Waals surface area (Å²) in [4.78, 5) is 21.8. The summed E-state index contributed by atoms with van der Waals surface area (Å²) in [6, 6.07) is 13.1. The van der Waals surface area contributed by atoms with Crippen molar-refractivity contribution < 1.29 is 0 Å². The molecule has 0 saturated heterocycles. The highest BCUT2D eigenvalue weighted by Crippen LogP contribution is 2.30. The molecule has 0 saturated carbocycles. The van der Waals surface area contributed by atoms with Crippen LogP contribution in [0.25, 0.3) is 23.1 Å². The second-order valence-corrected chi connectivity index (χ2v) is 7.75. The molecule has 0 bridgehead atoms. The van der Waals surface area contributed by atoms with E-state index in [1.165, 1.54) is 0 Å². The van der Waals surface area contributed by atoms with Crippen LogP contribution in [0.4, 0.5) is 0 Å². The molecule has 2 aromatic heterocycles. The number of pyridine rings is 1. The third-order valence-corrected chi connectivity index (χ3v) is 5.04. The number of hydrogen-bond donors (Lipinski definition) is 0. The highest BCUT2D eigenvalue weighted by Gasteiger charge is 2.27. The molecule has 3 aromatic rings. The maximum atomic E-state index is 12.8. The third-order valence-electron chi connectivity index (χ3n) is 5.04. The lowest BCUT2D eigenvalue weighted by atomic mass is 9.83. The van der Waals surface area contributed by atoms with Crippen LogP contribution in [0.1, 0.15) is 43.0 Å². The molecule has 1 aromatic carbocycles. The minimum atomic E-state index is 0.0458. The summed E-state index contributed by atoms with van der Waals surface area (Å²) >= 11 is 0. The first-order valence-corrected chi connectivity index (χ1v) is 9.04. The molecule has 3 heterocycles. The summed E-state index contributed by atoms with van der Waals surface area (Å²) in [7, 11) is 0. The first kappa shape index (κ1) is 17.2. The molecule has 0 atom stereocenters. The van der Waals surface area contributed by atoms with Gasteiger partial charge in [-0.1, -0.05) is 32.1 Å². The molecule has 5 heteroatoms. The van der Waals surface area contributed by atoms with E-state index in [0.29, 0.717) is 11.1 Å². The minimum Gasteiger partial charge on any atom is -0.296 e. The van der Waals surface area contributed by atoms with Crippen LogP contribution < -0.4 is 5.56 Å². The van der Waals surface area contributed by atoms with Gasteiger partial charge in [0, 0.05) is 13.0 Å². The minimum absolute atomic E-state index is 0.0458. The van der Waals surface area contributed by atoms with Gasteiger partial charge in [-0.25, -0.2) is 9.97 Å². The van der Waals surface area contributed by atoms with Gasteiger partial charge in [0.25, 0.3) is 5.56 Å². The predicted octanol–water partition coefficient (Wildman–Crippen LogP) is 3.81. The molecule has 4 rings (SSSR count). The molecule has 0 unspecified atom stereocenters. The lowest BCUT2D eigenvalue weighted by molar-refractivity contribution is 0.261. The first-order chi connectivity index (χ1) is 12.9. The van der Waals surface area contributed by atoms with Gasteiger partial charge in [-0.2, -0.15) is 5.26 Å². The van der Waals surface area contributed by atoms with Crippen LogP contribution in [0.2, 0.25) is 0 Å². The standard InChI is InChI=1S/C22H20N4O/c1-22(2)10-11-26-20(13-22)25-19-12-15(7-9-18(19)21(26)27)6-8-16-4-3-5-17(14-23)24-16/h3-9,12H,10-11,13H2,1-2H3/b8-6+. The van der Waals surface area contributed by atoms with Gasteiger partial charge in [0.2, 0.25) is 0 Å². The zero-order valence-electron chi connectivity index (χ0n) is 15.4. The predicted molar refractivity (Wildman–Crippen MR) is 106 cm³/mol. The van der Waals surface area contributed by atoms with Gasteiger partial charge < -0.3 is 0 Å². The second kappa shape index (κ2) is 6.48. The van der Waals surface area contributed by atoms with E-state index >= 15 is 0 Å². The van der Waals surface area contributed by atoms with Crippen molar-refractivity contribution in [2.24, 2.45) is 5.41 Å². The zero-order valence-corrected chi connectivity index (χ0v) is 15.4. The molecule has 27 heavy (non-hydrogen) atoms. The lowest BCUT2D eigenvalue weighted by Gasteiger charge is -2.31. The Kier molecular flexibility index (Phi) is 4.12. The molecule has 0 fully saturated rings. The molecular weight excluding hydrogens is 336 g/mol. The lowest BCUT2D eigenvalue weighted by Crippen LogP contribution is -2.35. The Morgan fingerprint density at radius 1 is 1.19 bits per heavy atom. The summed E-state index contributed by atoms with van der Waals surface area (Å²) < 4.78 is 1.82. The van der Waals surface area contributed by atoms with Crippen molar-refractivity contribution in [3.8, 4) is 6.07 Å². The van der Waals surface area contributed by atoms with Gasteiger partial charge in [-0.15, -0.1) is 0 Å². The number of fused-ring (bicyclic) bond motifs is 2. The van der Waals surface area contributed by atoms with Gasteiger partial charge in [0.05, 0.1) is 16.6 Å². The topological polar surface area (TPSA) is 71.6 Å². The highest BCUT2D eigenvalue weighted by molar-refractivity contribution is 5.82. The summed E-state index contributed by atoms with van der Waals surface area (Å²) in [5.41, 5.74) is 2.99. The van der Waals surface area contributed by atoms with Crippen LogP contribution in [-0.4, -0.2) is 14.5 Å². The third kappa shape index (κ3) is 3.39. The Labute approximate surface area is 157 Å². The van der Waals surface area contributed by atoms with Crippen molar-refractivity contribution in [2.75, 3.05) is 0 Å². The average molecular weight is 356 g/mol. The van der Waals surface area contributed by atoms with Crippen LogP contribution in [-0.2, 0) is 13.0 Å². The van der Waals surface area contributed by atoms with E-state index in [1.807, 2.05) is 53.1 Å². The smallest absolute Gasteiger partial charge is 0.261 e. The van der Waals surface area contributed by atoms with Crippen molar-refractivity contribution in [1.82, 2.24) is 14.5 Å². The second-order valence-electron chi connectivity index (χ2n) is 7.75. The van der Waals surface area contributed by atoms with E-state index in [0.717, 1.165) is 42.0 Å². The molecule has 1 aliphatic rings. The van der Waals surface area contributed by atoms with E-state index in [-0.39, 0.29) is 11.0 Å². The summed E-state index contributed by atoms with van der Waals surface area (Å²) in [6.07, 6.45) is 5.58. The van der Waals surface area contributed by atoms with Crippen molar-refractivity contribution in [1.29, 1.82) is 5.26 Å². The largest absolute Gasteiger partial charge is 0.296 e. The fourth-order valence-electron chi connectivity index (χ4n) is 3.47. The van der Waals surface area contributed by atoms with Crippen LogP contribution >= 0.6 is 0 Å². The zero-order chi connectivity index (χ0) is 19.0. The Hall–Kier alpha value is -3.26. The van der Waals surface area contributed by atoms with Crippen LogP contribution in [0.3, 0.4) is 0 Å². The molecule has 5 nitrogen and oxygen atoms in total. The Bertz CT molecular complexity index is 1170. The maximum absolute atomic E-state index is 12.8. The van der Waals surface area contributed by atoms with E-state index in [9.17, 15) is 4.79 Å². The fraction of sp³-hybridized carbons (Fsp3) is 0.273. The van der Waals surface area contributed by atoms with Crippen molar-refractivity contribution in [3.63, 3.8) is 0 Å². The number of nitriles is 1. The number of hydrogen-bond acceptors (Lipinski definition) is 4. The van der Waals surface area contributed by atoms with E-state index in [1.54, 1.807) is 6.07 Å². The van der Waals surface area contributed by atoms with Crippen LogP contribution in [0.15, 0.2) is 41.2 Å². The molecule has 134 valence electrons. The van der Waals surface area contributed by atoms with Gasteiger partial charge in [0.15, 0.2) is 0 Å². The van der Waals surface area contributed by atoms with Gasteiger partial charge in [-0.3, -0.25) is 9.36 Å². The number of rotatable bonds is 2. The molecular formula is C22H20N4O. The Morgan fingerprint density at radius 2 is 2.04 bits per heavy atom. The summed E-state index contributed by atoms with van der Waals surface area (Å²) in [5, 5.41) is 9.60. The van der Waals surface area contributed by atoms with Crippen molar-refractivity contribution >= 4 is 23.1 Å². The molecule has 1 aliphatic heterocycles. The van der Waals surface area contributed by atoms with Gasteiger partial charge in [-0.05, 0) is 47.7 Å². The maximum Gasteiger partial charge on any atom is 0.261 e. The van der Waals surface area contributed by atoms with E-state index in [4.69, 9.17) is 10.2 Å². The molecule has 0 aliphatic carbocycles. The average Bonchev–Trinajstić information content (AvgIpc) is 2.65. The van der Waals surface area contributed by atoms with Crippen LogP contribution in [0.5, 0.6) is 0 Å². The normalized spacial score (nSPS) is 15.6. The number of nitrogens with zero attached hydrogens (tertiary/aromatic N) is 4. The van der Waals surface area contributed by atoms with Gasteiger partial charge >= 0.3 is 0 Å². The summed E-state index contributed by atoms with van der Waals surface area (Å²) in [5.74, 6) is 0.869. The number of benzene rings is 1. The molecule has 0 radical (unpaired) electrons. The SMILES string of the molecule is CC1(C)CCn2c(nc3cc(/C=C/c4cccc(C#N)n4)ccc3c2=O)C1. The highest BCUT2D eigenvalue weighted by atomic mass is 16.1. The molecule has 0 spiro atoms. The van der Waals surface area contributed by atoms with Crippen molar-refractivity contribution in [2.45, 2.75) is 33.2 Å². The van der Waals surface area contributed by atoms with E-state index < -0.39 is 0 Å². The Morgan fingerprint density at radius 3 is 2.85 bits per heavy atom. The number of aromatic nitrogens is 3. The monoisotopic (exact) mass is 356 g/mol. The van der Waals surface area contributed by atoms with Crippen LogP contribution in [0, 0.1) is 16.7 Å². The molecule has 0 amide bonds. The van der Waals surface area contributed by atoms with E-state index in [2.05, 4.69) is 18.8 Å².